The van der Waals surface area contributed by atoms with Crippen LogP contribution in [0.2, 0.25) is 0 Å². The molecule has 0 fully saturated rings. The van der Waals surface area contributed by atoms with Crippen LogP contribution in [-0.4, -0.2) is 7.05 Å². The van der Waals surface area contributed by atoms with Crippen molar-refractivity contribution < 1.29 is 0 Å². The second-order valence-electron chi connectivity index (χ2n) is 3.70. The first-order chi connectivity index (χ1) is 7.79. The summed E-state index contributed by atoms with van der Waals surface area (Å²) < 4.78 is 3.09. The summed E-state index contributed by atoms with van der Waals surface area (Å²) in [7, 11) is 1.93. The van der Waals surface area contributed by atoms with Gasteiger partial charge >= 0.3 is 0 Å². The minimum atomic E-state index is 1.24. The van der Waals surface area contributed by atoms with Crippen LogP contribution in [0.15, 0.2) is 53.4 Å². The highest BCUT2D eigenvalue weighted by atomic mass is 32.2. The first-order valence-electron chi connectivity index (χ1n) is 5.30. The molecule has 0 radical (unpaired) electrons. The smallest absolute Gasteiger partial charge is 0.0234 e. The largest absolute Gasteiger partial charge is 0.263 e. The van der Waals surface area contributed by atoms with Gasteiger partial charge in [-0.25, -0.2) is 0 Å². The van der Waals surface area contributed by atoms with Gasteiger partial charge in [-0.2, -0.15) is 0 Å². The van der Waals surface area contributed by atoms with Crippen molar-refractivity contribution in [3.05, 3.63) is 54.1 Å². The number of aryl methyl sites for hydroxylation is 1. The first-order valence-corrected chi connectivity index (χ1v) is 6.12. The third-order valence-electron chi connectivity index (χ3n) is 2.44. The average Bonchev–Trinajstić information content (AvgIpc) is 2.31. The van der Waals surface area contributed by atoms with Crippen LogP contribution < -0.4 is 4.72 Å². The number of hydrogen-bond donors (Lipinski definition) is 1. The van der Waals surface area contributed by atoms with E-state index < -0.39 is 0 Å². The van der Waals surface area contributed by atoms with Crippen molar-refractivity contribution >= 4 is 11.9 Å². The Bertz CT molecular complexity index is 462. The first kappa shape index (κ1) is 11.2. The van der Waals surface area contributed by atoms with Gasteiger partial charge in [-0.1, -0.05) is 42.0 Å². The molecule has 2 aromatic rings. The van der Waals surface area contributed by atoms with Gasteiger partial charge in [0.1, 0.15) is 0 Å². The van der Waals surface area contributed by atoms with Gasteiger partial charge in [0, 0.05) is 4.90 Å². The highest BCUT2D eigenvalue weighted by molar-refractivity contribution is 7.97. The fourth-order valence-corrected chi connectivity index (χ4v) is 2.17. The lowest BCUT2D eigenvalue weighted by Crippen LogP contribution is -1.90. The highest BCUT2D eigenvalue weighted by Gasteiger charge is 1.98. The van der Waals surface area contributed by atoms with Gasteiger partial charge in [0.15, 0.2) is 0 Å². The predicted molar refractivity (Wildman–Crippen MR) is 71.5 cm³/mol. The third kappa shape index (κ3) is 2.65. The van der Waals surface area contributed by atoms with E-state index in [1.807, 2.05) is 7.05 Å². The Kier molecular flexibility index (Phi) is 3.65. The van der Waals surface area contributed by atoms with Crippen molar-refractivity contribution in [3.63, 3.8) is 0 Å². The average molecular weight is 229 g/mol. The molecule has 0 spiro atoms. The summed E-state index contributed by atoms with van der Waals surface area (Å²) in [5.41, 5.74) is 3.83. The Labute approximate surface area is 101 Å². The monoisotopic (exact) mass is 229 g/mol. The SMILES string of the molecule is CNSc1cccc(-c2ccc(C)cc2)c1. The maximum absolute atomic E-state index is 3.09. The molecule has 2 aromatic carbocycles. The molecule has 0 aliphatic carbocycles. The summed E-state index contributed by atoms with van der Waals surface area (Å²) in [5, 5.41) is 0. The van der Waals surface area contributed by atoms with Crippen molar-refractivity contribution in [2.45, 2.75) is 11.8 Å². The number of nitrogens with one attached hydrogen (secondary N) is 1. The second-order valence-corrected chi connectivity index (χ2v) is 4.78. The summed E-state index contributed by atoms with van der Waals surface area (Å²) in [4.78, 5) is 1.24. The molecular formula is C14H15NS. The van der Waals surface area contributed by atoms with Gasteiger partial charge in [0.25, 0.3) is 0 Å². The molecule has 0 amide bonds. The lowest BCUT2D eigenvalue weighted by Gasteiger charge is -2.05. The third-order valence-corrected chi connectivity index (χ3v) is 3.13. The van der Waals surface area contributed by atoms with E-state index in [9.17, 15) is 0 Å². The molecular weight excluding hydrogens is 214 g/mol. The van der Waals surface area contributed by atoms with Gasteiger partial charge in [-0.05, 0) is 49.2 Å². The number of benzene rings is 2. The lowest BCUT2D eigenvalue weighted by molar-refractivity contribution is 1.28. The van der Waals surface area contributed by atoms with Gasteiger partial charge in [-0.3, -0.25) is 4.72 Å². The maximum atomic E-state index is 3.09. The predicted octanol–water partition coefficient (Wildman–Crippen LogP) is 3.89. The van der Waals surface area contributed by atoms with Crippen molar-refractivity contribution in [2.75, 3.05) is 7.05 Å². The number of rotatable bonds is 3. The van der Waals surface area contributed by atoms with Crippen LogP contribution in [0.3, 0.4) is 0 Å². The van der Waals surface area contributed by atoms with Crippen LogP contribution in [0, 0.1) is 6.92 Å². The summed E-state index contributed by atoms with van der Waals surface area (Å²) in [6.07, 6.45) is 0. The molecule has 0 unspecified atom stereocenters. The van der Waals surface area contributed by atoms with Gasteiger partial charge in [0.2, 0.25) is 0 Å². The van der Waals surface area contributed by atoms with E-state index in [4.69, 9.17) is 0 Å². The van der Waals surface area contributed by atoms with E-state index >= 15 is 0 Å². The molecule has 0 atom stereocenters. The van der Waals surface area contributed by atoms with Crippen molar-refractivity contribution in [1.82, 2.24) is 4.72 Å². The fourth-order valence-electron chi connectivity index (χ4n) is 1.60. The van der Waals surface area contributed by atoms with Crippen LogP contribution in [-0.2, 0) is 0 Å². The molecule has 0 saturated carbocycles. The highest BCUT2D eigenvalue weighted by Crippen LogP contribution is 2.24. The van der Waals surface area contributed by atoms with Gasteiger partial charge < -0.3 is 0 Å². The molecule has 0 heterocycles. The molecule has 16 heavy (non-hydrogen) atoms. The van der Waals surface area contributed by atoms with E-state index in [-0.39, 0.29) is 0 Å². The van der Waals surface area contributed by atoms with E-state index in [1.54, 1.807) is 11.9 Å². The van der Waals surface area contributed by atoms with Crippen molar-refractivity contribution in [1.29, 1.82) is 0 Å². The van der Waals surface area contributed by atoms with E-state index in [1.165, 1.54) is 21.6 Å². The Morgan fingerprint density at radius 1 is 0.938 bits per heavy atom. The summed E-state index contributed by atoms with van der Waals surface area (Å²) in [6.45, 7) is 2.11. The standard InChI is InChI=1S/C14H15NS/c1-11-6-8-12(9-7-11)13-4-3-5-14(10-13)16-15-2/h3-10,15H,1-2H3. The van der Waals surface area contributed by atoms with Crippen molar-refractivity contribution in [2.24, 2.45) is 0 Å². The zero-order chi connectivity index (χ0) is 11.4. The Morgan fingerprint density at radius 2 is 1.69 bits per heavy atom. The van der Waals surface area contributed by atoms with Crippen LogP contribution in [0.4, 0.5) is 0 Å². The van der Waals surface area contributed by atoms with E-state index in [2.05, 4.69) is 60.2 Å². The molecule has 1 nitrogen and oxygen atoms in total. The molecule has 2 rings (SSSR count). The Balaban J connectivity index is 2.32. The minimum Gasteiger partial charge on any atom is -0.263 e. The molecule has 1 N–H and O–H groups in total. The summed E-state index contributed by atoms with van der Waals surface area (Å²) >= 11 is 1.64. The van der Waals surface area contributed by atoms with Crippen LogP contribution in [0.1, 0.15) is 5.56 Å². The quantitative estimate of drug-likeness (QED) is 0.801. The zero-order valence-electron chi connectivity index (χ0n) is 9.53. The summed E-state index contributed by atoms with van der Waals surface area (Å²) in [6, 6.07) is 17.2. The lowest BCUT2D eigenvalue weighted by atomic mass is 10.0. The number of hydrogen-bond acceptors (Lipinski definition) is 2. The topological polar surface area (TPSA) is 12.0 Å². The van der Waals surface area contributed by atoms with Crippen molar-refractivity contribution in [3.8, 4) is 11.1 Å². The molecule has 0 aliphatic heterocycles. The maximum Gasteiger partial charge on any atom is 0.0234 e. The van der Waals surface area contributed by atoms with E-state index in [0.29, 0.717) is 0 Å². The summed E-state index contributed by atoms with van der Waals surface area (Å²) in [5.74, 6) is 0. The molecule has 2 heteroatoms. The Morgan fingerprint density at radius 3 is 2.38 bits per heavy atom. The van der Waals surface area contributed by atoms with Crippen LogP contribution >= 0.6 is 11.9 Å². The van der Waals surface area contributed by atoms with E-state index in [0.717, 1.165) is 0 Å². The minimum absolute atomic E-state index is 1.24. The normalized spacial score (nSPS) is 10.4. The molecule has 0 saturated heterocycles. The zero-order valence-corrected chi connectivity index (χ0v) is 10.3. The second kappa shape index (κ2) is 5.19. The molecule has 0 aliphatic rings. The molecule has 0 aromatic heterocycles. The van der Waals surface area contributed by atoms with Crippen LogP contribution in [0.5, 0.6) is 0 Å². The molecule has 0 bridgehead atoms. The van der Waals surface area contributed by atoms with Crippen LogP contribution in [0.25, 0.3) is 11.1 Å². The van der Waals surface area contributed by atoms with Gasteiger partial charge in [0.05, 0.1) is 0 Å². The van der Waals surface area contributed by atoms with Gasteiger partial charge in [-0.15, -0.1) is 0 Å². The fraction of sp³-hybridized carbons (Fsp3) is 0.143. The molecule has 82 valence electrons. The Hall–Kier alpha value is -1.25.